The second-order valence-electron chi connectivity index (χ2n) is 9.70. The van der Waals surface area contributed by atoms with Crippen molar-refractivity contribution in [1.29, 1.82) is 0 Å². The molecule has 33 heavy (non-hydrogen) atoms. The van der Waals surface area contributed by atoms with Gasteiger partial charge in [-0.25, -0.2) is 4.79 Å². The lowest BCUT2D eigenvalue weighted by Crippen LogP contribution is -2.63. The van der Waals surface area contributed by atoms with E-state index in [1.807, 2.05) is 23.8 Å². The number of aliphatic imine (C=N–C) groups is 1. The van der Waals surface area contributed by atoms with Crippen LogP contribution in [0.2, 0.25) is 0 Å². The van der Waals surface area contributed by atoms with Crippen LogP contribution in [0, 0.1) is 11.8 Å². The molecule has 4 aliphatic heterocycles. The second kappa shape index (κ2) is 8.92. The Balaban J connectivity index is 1.45. The zero-order chi connectivity index (χ0) is 24.2. The zero-order valence-corrected chi connectivity index (χ0v) is 20.3. The van der Waals surface area contributed by atoms with Gasteiger partial charge in [0.1, 0.15) is 5.70 Å². The number of rotatable bonds is 6. The number of carbonyl (C=O) groups excluding carboxylic acids is 2. The minimum atomic E-state index is -1.12. The Hall–Kier alpha value is -2.11. The summed E-state index contributed by atoms with van der Waals surface area (Å²) in [6.07, 6.45) is 0.593. The summed E-state index contributed by atoms with van der Waals surface area (Å²) in [7, 11) is 1.92. The van der Waals surface area contributed by atoms with Gasteiger partial charge in [-0.1, -0.05) is 6.92 Å². The zero-order valence-electron chi connectivity index (χ0n) is 19.5. The predicted molar refractivity (Wildman–Crippen MR) is 124 cm³/mol. The van der Waals surface area contributed by atoms with Crippen LogP contribution in [0.25, 0.3) is 0 Å². The normalized spacial score (nSPS) is 35.8. The van der Waals surface area contributed by atoms with Gasteiger partial charge in [0.2, 0.25) is 11.8 Å². The number of hydrogen-bond acceptors (Lipinski definition) is 7. The van der Waals surface area contributed by atoms with E-state index in [1.165, 1.54) is 16.7 Å². The lowest BCUT2D eigenvalue weighted by molar-refractivity contribution is -0.163. The van der Waals surface area contributed by atoms with Gasteiger partial charge >= 0.3 is 5.97 Å². The number of carbonyl (C=O) groups is 3. The molecule has 0 aromatic carbocycles. The Morgan fingerprint density at radius 3 is 2.61 bits per heavy atom. The van der Waals surface area contributed by atoms with Crippen LogP contribution in [-0.4, -0.2) is 105 Å². The summed E-state index contributed by atoms with van der Waals surface area (Å²) < 4.78 is 0. The first kappa shape index (κ1) is 24.0. The quantitative estimate of drug-likeness (QED) is 0.273. The molecule has 3 fully saturated rings. The Labute approximate surface area is 197 Å². The number of nitrogens with zero attached hydrogens (tertiary/aromatic N) is 4. The third-order valence-corrected chi connectivity index (χ3v) is 8.75. The van der Waals surface area contributed by atoms with E-state index in [9.17, 15) is 24.6 Å². The molecule has 0 bridgehead atoms. The summed E-state index contributed by atoms with van der Waals surface area (Å²) in [5, 5.41) is 19.9. The summed E-state index contributed by atoms with van der Waals surface area (Å²) in [5.41, 5.74) is 5.72. The van der Waals surface area contributed by atoms with Gasteiger partial charge in [0.25, 0.3) is 0 Å². The van der Waals surface area contributed by atoms with Crippen LogP contribution in [0.5, 0.6) is 0 Å². The van der Waals surface area contributed by atoms with E-state index < -0.39 is 18.0 Å². The van der Waals surface area contributed by atoms with Crippen molar-refractivity contribution in [2.24, 2.45) is 22.6 Å². The van der Waals surface area contributed by atoms with Crippen molar-refractivity contribution in [3.8, 4) is 0 Å². The monoisotopic (exact) mass is 479 g/mol. The summed E-state index contributed by atoms with van der Waals surface area (Å²) in [4.78, 5) is 48.1. The fourth-order valence-electron chi connectivity index (χ4n) is 5.73. The van der Waals surface area contributed by atoms with E-state index in [4.69, 9.17) is 5.73 Å². The van der Waals surface area contributed by atoms with Crippen LogP contribution in [-0.2, 0) is 14.4 Å². The van der Waals surface area contributed by atoms with E-state index in [-0.39, 0.29) is 46.8 Å². The molecule has 182 valence electrons. The number of hydrogen-bond donors (Lipinski definition) is 3. The van der Waals surface area contributed by atoms with Crippen molar-refractivity contribution in [3.05, 3.63) is 10.6 Å². The number of nitrogens with two attached hydrogens (primary N) is 1. The van der Waals surface area contributed by atoms with Crippen molar-refractivity contribution in [2.75, 3.05) is 26.7 Å². The van der Waals surface area contributed by atoms with Crippen molar-refractivity contribution in [3.63, 3.8) is 0 Å². The summed E-state index contributed by atoms with van der Waals surface area (Å²) >= 11 is 1.47. The second-order valence-corrected chi connectivity index (χ2v) is 11.0. The number of thioether (sulfide) groups is 1. The number of likely N-dealkylation sites (tertiary alicyclic amines) is 2. The maximum Gasteiger partial charge on any atom is 0.353 e. The standard InChI is InChI=1S/C22H33N5O5S/c1-10-17-16(11(2)28)21(30)27(17)18(22(31)32)19(10)33-14-7-15(25(4)9-14)20(29)26-6-5-13(8-26)24-12(3)23/h10-11,13-17,28H,5-9H2,1-4H3,(H2,23,24)(H,31,32)/t10?,11?,13?,14?,15?,16?,17-/m1/s1. The van der Waals surface area contributed by atoms with Crippen LogP contribution in [0.1, 0.15) is 33.6 Å². The smallest absolute Gasteiger partial charge is 0.353 e. The molecule has 0 aromatic heterocycles. The van der Waals surface area contributed by atoms with E-state index in [0.717, 1.165) is 6.42 Å². The van der Waals surface area contributed by atoms with E-state index in [2.05, 4.69) is 4.99 Å². The average molecular weight is 480 g/mol. The summed E-state index contributed by atoms with van der Waals surface area (Å²) in [5.74, 6) is -1.59. The molecule has 0 aromatic rings. The fourth-order valence-corrected chi connectivity index (χ4v) is 7.33. The minimum absolute atomic E-state index is 0.0363. The molecule has 4 heterocycles. The number of fused-ring (bicyclic) bond motifs is 1. The Morgan fingerprint density at radius 2 is 2.00 bits per heavy atom. The first-order valence-corrected chi connectivity index (χ1v) is 12.3. The third kappa shape index (κ3) is 4.15. The number of amides is 2. The SMILES string of the molecule is CC(N)=NC1CCN(C(=O)C2CC(SC3=C(C(=O)O)N4C(=O)C(C(C)O)[C@H]4C3C)CN2C)C1. The number of aliphatic carboxylic acids is 1. The molecule has 0 aliphatic carbocycles. The average Bonchev–Trinajstić information content (AvgIpc) is 3.37. The fraction of sp³-hybridized carbons (Fsp3) is 0.727. The van der Waals surface area contributed by atoms with Crippen molar-refractivity contribution >= 4 is 35.4 Å². The number of β-lactam (4-membered cyclic amide) rings is 1. The number of carboxylic acids is 1. The molecule has 0 saturated carbocycles. The van der Waals surface area contributed by atoms with Gasteiger partial charge in [-0.05, 0) is 33.7 Å². The highest BCUT2D eigenvalue weighted by atomic mass is 32.2. The molecule has 4 N–H and O–H groups in total. The topological polar surface area (TPSA) is 140 Å². The number of aliphatic hydroxyl groups is 1. The first-order valence-electron chi connectivity index (χ1n) is 11.4. The molecular formula is C22H33N5O5S. The molecule has 10 nitrogen and oxygen atoms in total. The summed E-state index contributed by atoms with van der Waals surface area (Å²) in [6.45, 7) is 7.13. The van der Waals surface area contributed by atoms with Gasteiger partial charge in [-0.2, -0.15) is 0 Å². The van der Waals surface area contributed by atoms with E-state index in [0.29, 0.717) is 36.8 Å². The molecule has 2 amide bonds. The summed E-state index contributed by atoms with van der Waals surface area (Å²) in [6, 6.07) is -0.545. The molecule has 7 atom stereocenters. The molecule has 3 saturated heterocycles. The first-order chi connectivity index (χ1) is 15.5. The van der Waals surface area contributed by atoms with Gasteiger partial charge in [-0.15, -0.1) is 11.8 Å². The highest BCUT2D eigenvalue weighted by molar-refractivity contribution is 8.03. The van der Waals surface area contributed by atoms with Gasteiger partial charge in [0.05, 0.1) is 36.0 Å². The lowest BCUT2D eigenvalue weighted by Gasteiger charge is -2.46. The predicted octanol–water partition coefficient (Wildman–Crippen LogP) is -0.0760. The maximum absolute atomic E-state index is 13.2. The lowest BCUT2D eigenvalue weighted by atomic mass is 9.79. The molecule has 4 rings (SSSR count). The van der Waals surface area contributed by atoms with Gasteiger partial charge in [0.15, 0.2) is 0 Å². The number of amidine groups is 1. The molecule has 0 spiro atoms. The number of likely N-dealkylation sites (N-methyl/N-ethyl adjacent to an activating group) is 1. The molecule has 4 aliphatic rings. The number of aliphatic hydroxyl groups excluding tert-OH is 1. The third-order valence-electron chi connectivity index (χ3n) is 7.26. The van der Waals surface area contributed by atoms with Gasteiger partial charge in [0, 0.05) is 35.7 Å². The van der Waals surface area contributed by atoms with Gasteiger partial charge in [-0.3, -0.25) is 19.5 Å². The van der Waals surface area contributed by atoms with Gasteiger partial charge < -0.3 is 25.7 Å². The molecule has 0 radical (unpaired) electrons. The molecular weight excluding hydrogens is 446 g/mol. The van der Waals surface area contributed by atoms with Crippen LogP contribution < -0.4 is 5.73 Å². The van der Waals surface area contributed by atoms with E-state index in [1.54, 1.807) is 13.8 Å². The minimum Gasteiger partial charge on any atom is -0.477 e. The van der Waals surface area contributed by atoms with Crippen LogP contribution in [0.15, 0.2) is 15.6 Å². The Bertz CT molecular complexity index is 917. The number of carboxylic acid groups (broad SMARTS) is 1. The highest BCUT2D eigenvalue weighted by Crippen LogP contribution is 2.52. The Morgan fingerprint density at radius 1 is 1.30 bits per heavy atom. The highest BCUT2D eigenvalue weighted by Gasteiger charge is 2.60. The van der Waals surface area contributed by atoms with Crippen LogP contribution in [0.3, 0.4) is 0 Å². The Kier molecular flexibility index (Phi) is 6.49. The van der Waals surface area contributed by atoms with Crippen molar-refractivity contribution in [1.82, 2.24) is 14.7 Å². The van der Waals surface area contributed by atoms with Crippen LogP contribution in [0.4, 0.5) is 0 Å². The maximum atomic E-state index is 13.2. The largest absolute Gasteiger partial charge is 0.477 e. The van der Waals surface area contributed by atoms with Crippen molar-refractivity contribution < 1.29 is 24.6 Å². The molecule has 6 unspecified atom stereocenters. The van der Waals surface area contributed by atoms with Crippen molar-refractivity contribution in [2.45, 2.75) is 63.1 Å². The van der Waals surface area contributed by atoms with E-state index >= 15 is 0 Å². The van der Waals surface area contributed by atoms with Crippen LogP contribution >= 0.6 is 11.8 Å². The molecule has 11 heteroatoms.